The highest BCUT2D eigenvalue weighted by Gasteiger charge is 2.25. The highest BCUT2D eigenvalue weighted by atomic mass is 79.9. The first-order valence-electron chi connectivity index (χ1n) is 4.95. The molecule has 0 saturated carbocycles. The third kappa shape index (κ3) is 4.00. The van der Waals surface area contributed by atoms with E-state index in [4.69, 9.17) is 5.73 Å². The Balaban J connectivity index is 3.00. The Bertz CT molecular complexity index is 485. The van der Waals surface area contributed by atoms with Crippen molar-refractivity contribution in [3.8, 4) is 0 Å². The maximum absolute atomic E-state index is 12.1. The first kappa shape index (κ1) is 15.6. The van der Waals surface area contributed by atoms with Crippen LogP contribution in [0, 0.1) is 5.92 Å². The molecule has 0 aromatic carbocycles. The van der Waals surface area contributed by atoms with Gasteiger partial charge in [0.2, 0.25) is 10.0 Å². The largest absolute Gasteiger partial charge is 0.329 e. The summed E-state index contributed by atoms with van der Waals surface area (Å²) in [7, 11) is -3.52. The van der Waals surface area contributed by atoms with Crippen LogP contribution >= 0.6 is 43.2 Å². The summed E-state index contributed by atoms with van der Waals surface area (Å²) >= 11 is 7.82. The maximum Gasteiger partial charge on any atom is 0.242 e. The summed E-state index contributed by atoms with van der Waals surface area (Å²) < 4.78 is 28.2. The molecule has 0 aliphatic heterocycles. The Morgan fingerprint density at radius 1 is 1.47 bits per heavy atom. The van der Waals surface area contributed by atoms with E-state index in [1.165, 1.54) is 11.3 Å². The van der Waals surface area contributed by atoms with E-state index in [0.29, 0.717) is 3.79 Å². The van der Waals surface area contributed by atoms with E-state index in [0.717, 1.165) is 3.79 Å². The fourth-order valence-corrected chi connectivity index (χ4v) is 6.44. The van der Waals surface area contributed by atoms with Gasteiger partial charge in [-0.25, -0.2) is 13.1 Å². The topological polar surface area (TPSA) is 72.2 Å². The molecule has 1 heterocycles. The second-order valence-electron chi connectivity index (χ2n) is 3.90. The van der Waals surface area contributed by atoms with Gasteiger partial charge in [0.25, 0.3) is 0 Å². The SMILES string of the molecule is CC(C)C(CN)NS(=O)(=O)c1cc(Br)sc1Br. The van der Waals surface area contributed by atoms with Crippen molar-refractivity contribution in [1.82, 2.24) is 4.72 Å². The van der Waals surface area contributed by atoms with E-state index in [-0.39, 0.29) is 23.4 Å². The van der Waals surface area contributed by atoms with Gasteiger partial charge in [-0.15, -0.1) is 11.3 Å². The summed E-state index contributed by atoms with van der Waals surface area (Å²) in [5.74, 6) is 0.149. The highest BCUT2D eigenvalue weighted by Crippen LogP contribution is 2.34. The molecule has 17 heavy (non-hydrogen) atoms. The minimum absolute atomic E-state index is 0.149. The van der Waals surface area contributed by atoms with E-state index >= 15 is 0 Å². The van der Waals surface area contributed by atoms with Gasteiger partial charge in [-0.1, -0.05) is 13.8 Å². The van der Waals surface area contributed by atoms with E-state index in [9.17, 15) is 8.42 Å². The third-order valence-corrected chi connectivity index (χ3v) is 6.53. The van der Waals surface area contributed by atoms with Crippen LogP contribution in [0.5, 0.6) is 0 Å². The molecular formula is C9H14Br2N2O2S2. The van der Waals surface area contributed by atoms with Gasteiger partial charge in [0, 0.05) is 12.6 Å². The number of hydrogen-bond donors (Lipinski definition) is 2. The van der Waals surface area contributed by atoms with E-state index in [1.807, 2.05) is 13.8 Å². The van der Waals surface area contributed by atoms with Crippen LogP contribution in [0.25, 0.3) is 0 Å². The molecule has 0 aliphatic carbocycles. The highest BCUT2D eigenvalue weighted by molar-refractivity contribution is 9.12. The van der Waals surface area contributed by atoms with Crippen LogP contribution in [0.15, 0.2) is 18.5 Å². The quantitative estimate of drug-likeness (QED) is 0.790. The molecule has 1 unspecified atom stereocenters. The number of halogens is 2. The molecule has 1 rings (SSSR count). The number of hydrogen-bond acceptors (Lipinski definition) is 4. The Hall–Kier alpha value is 0.530. The van der Waals surface area contributed by atoms with Gasteiger partial charge in [-0.05, 0) is 43.8 Å². The Labute approximate surface area is 122 Å². The summed E-state index contributed by atoms with van der Waals surface area (Å²) in [4.78, 5) is 0.244. The lowest BCUT2D eigenvalue weighted by atomic mass is 10.1. The minimum Gasteiger partial charge on any atom is -0.329 e. The minimum atomic E-state index is -3.52. The lowest BCUT2D eigenvalue weighted by molar-refractivity contribution is 0.455. The van der Waals surface area contributed by atoms with Crippen LogP contribution in [-0.4, -0.2) is 21.0 Å². The predicted octanol–water partition coefficient (Wildman–Crippen LogP) is 2.53. The van der Waals surface area contributed by atoms with Crippen molar-refractivity contribution < 1.29 is 8.42 Å². The summed E-state index contributed by atoms with van der Waals surface area (Å²) in [6.07, 6.45) is 0. The third-order valence-electron chi connectivity index (χ3n) is 2.28. The van der Waals surface area contributed by atoms with E-state index < -0.39 is 10.0 Å². The average Bonchev–Trinajstić information content (AvgIpc) is 2.54. The van der Waals surface area contributed by atoms with Crippen molar-refractivity contribution in [2.75, 3.05) is 6.54 Å². The molecule has 1 aromatic rings. The molecule has 0 fully saturated rings. The number of thiophene rings is 1. The second-order valence-corrected chi connectivity index (χ2v) is 9.33. The van der Waals surface area contributed by atoms with Gasteiger partial charge in [-0.3, -0.25) is 0 Å². The van der Waals surface area contributed by atoms with Crippen LogP contribution in [-0.2, 0) is 10.0 Å². The predicted molar refractivity (Wildman–Crippen MR) is 77.7 cm³/mol. The monoisotopic (exact) mass is 404 g/mol. The van der Waals surface area contributed by atoms with Gasteiger partial charge in [0.1, 0.15) is 4.90 Å². The van der Waals surface area contributed by atoms with E-state index in [1.54, 1.807) is 6.07 Å². The zero-order valence-corrected chi connectivity index (χ0v) is 14.2. The molecule has 0 aliphatic rings. The molecule has 0 spiro atoms. The van der Waals surface area contributed by atoms with Crippen LogP contribution in [0.4, 0.5) is 0 Å². The molecule has 0 amide bonds. The molecule has 1 aromatic heterocycles. The molecule has 0 bridgehead atoms. The number of nitrogens with two attached hydrogens (primary N) is 1. The van der Waals surface area contributed by atoms with Gasteiger partial charge in [-0.2, -0.15) is 0 Å². The van der Waals surface area contributed by atoms with Crippen molar-refractivity contribution in [2.24, 2.45) is 11.7 Å². The Morgan fingerprint density at radius 2 is 2.06 bits per heavy atom. The van der Waals surface area contributed by atoms with E-state index in [2.05, 4.69) is 36.6 Å². The number of nitrogens with one attached hydrogen (secondary N) is 1. The lowest BCUT2D eigenvalue weighted by Gasteiger charge is -2.20. The summed E-state index contributed by atoms with van der Waals surface area (Å²) in [6, 6.07) is 1.32. The van der Waals surface area contributed by atoms with Crippen molar-refractivity contribution in [3.05, 3.63) is 13.6 Å². The summed E-state index contributed by atoms with van der Waals surface area (Å²) in [5.41, 5.74) is 5.56. The van der Waals surface area contributed by atoms with Gasteiger partial charge in [0.15, 0.2) is 0 Å². The fraction of sp³-hybridized carbons (Fsp3) is 0.556. The Kier molecular flexibility index (Phi) is 5.61. The normalized spacial score (nSPS) is 14.2. The van der Waals surface area contributed by atoms with Gasteiger partial charge in [0.05, 0.1) is 7.57 Å². The summed E-state index contributed by atoms with van der Waals surface area (Å²) in [6.45, 7) is 4.14. The van der Waals surface area contributed by atoms with Crippen molar-refractivity contribution in [1.29, 1.82) is 0 Å². The Morgan fingerprint density at radius 3 is 2.41 bits per heavy atom. The van der Waals surface area contributed by atoms with Crippen LogP contribution in [0.3, 0.4) is 0 Å². The molecule has 3 N–H and O–H groups in total. The first-order valence-corrected chi connectivity index (χ1v) is 8.83. The van der Waals surface area contributed by atoms with Gasteiger partial charge < -0.3 is 5.73 Å². The molecule has 0 saturated heterocycles. The van der Waals surface area contributed by atoms with Crippen LogP contribution < -0.4 is 10.5 Å². The average molecular weight is 406 g/mol. The van der Waals surface area contributed by atoms with Crippen LogP contribution in [0.1, 0.15) is 13.8 Å². The van der Waals surface area contributed by atoms with Crippen molar-refractivity contribution in [3.63, 3.8) is 0 Å². The second kappa shape index (κ2) is 6.12. The zero-order valence-electron chi connectivity index (χ0n) is 9.41. The first-order chi connectivity index (χ1) is 7.77. The van der Waals surface area contributed by atoms with Crippen LogP contribution in [0.2, 0.25) is 0 Å². The molecule has 0 radical (unpaired) electrons. The van der Waals surface area contributed by atoms with Gasteiger partial charge >= 0.3 is 0 Å². The number of rotatable bonds is 5. The zero-order chi connectivity index (χ0) is 13.2. The molecular weight excluding hydrogens is 392 g/mol. The molecule has 1 atom stereocenters. The standard InChI is InChI=1S/C9H14Br2N2O2S2/c1-5(2)6(4-12)13-17(14,15)7-3-8(10)16-9(7)11/h3,5-6,13H,4,12H2,1-2H3. The molecule has 98 valence electrons. The summed E-state index contributed by atoms with van der Waals surface area (Å²) in [5, 5.41) is 0. The number of sulfonamides is 1. The van der Waals surface area contributed by atoms with Crippen molar-refractivity contribution in [2.45, 2.75) is 24.8 Å². The maximum atomic E-state index is 12.1. The smallest absolute Gasteiger partial charge is 0.242 e. The fourth-order valence-electron chi connectivity index (χ4n) is 1.23. The molecule has 8 heteroatoms. The molecule has 4 nitrogen and oxygen atoms in total. The van der Waals surface area contributed by atoms with Crippen molar-refractivity contribution >= 4 is 53.2 Å². The lowest BCUT2D eigenvalue weighted by Crippen LogP contribution is -2.43.